The number of amides is 1. The van der Waals surface area contributed by atoms with Crippen LogP contribution in [0.2, 0.25) is 0 Å². The van der Waals surface area contributed by atoms with Gasteiger partial charge < -0.3 is 4.57 Å². The summed E-state index contributed by atoms with van der Waals surface area (Å²) in [6.07, 6.45) is 0. The minimum Gasteiger partial charge on any atom is -0.309 e. The first-order valence-corrected chi connectivity index (χ1v) is 7.55. The highest BCUT2D eigenvalue weighted by molar-refractivity contribution is 5.93. The van der Waals surface area contributed by atoms with Crippen LogP contribution >= 0.6 is 0 Å². The van der Waals surface area contributed by atoms with Crippen molar-refractivity contribution in [3.8, 4) is 0 Å². The van der Waals surface area contributed by atoms with Crippen LogP contribution < -0.4 is 5.32 Å². The van der Waals surface area contributed by atoms with E-state index < -0.39 is 0 Å². The first-order chi connectivity index (χ1) is 10.3. The van der Waals surface area contributed by atoms with E-state index in [0.29, 0.717) is 11.6 Å². The van der Waals surface area contributed by atoms with Crippen LogP contribution in [-0.2, 0) is 4.79 Å². The molecule has 0 radical (unpaired) electrons. The maximum Gasteiger partial charge on any atom is 0.229 e. The summed E-state index contributed by atoms with van der Waals surface area (Å²) in [5, 5.41) is 2.94. The van der Waals surface area contributed by atoms with Crippen LogP contribution in [0.3, 0.4) is 0 Å². The third-order valence-corrected chi connectivity index (χ3v) is 3.97. The van der Waals surface area contributed by atoms with Gasteiger partial charge in [-0.1, -0.05) is 26.8 Å². The predicted molar refractivity (Wildman–Crippen MR) is 89.0 cm³/mol. The molecule has 5 heteroatoms. The van der Waals surface area contributed by atoms with Crippen molar-refractivity contribution in [3.05, 3.63) is 29.6 Å². The molecule has 1 heterocycles. The number of benzene rings is 1. The van der Waals surface area contributed by atoms with Crippen molar-refractivity contribution in [1.82, 2.24) is 9.55 Å². The molecule has 2 rings (SSSR count). The van der Waals surface area contributed by atoms with E-state index in [2.05, 4.69) is 15.1 Å². The van der Waals surface area contributed by atoms with Gasteiger partial charge >= 0.3 is 0 Å². The fourth-order valence-electron chi connectivity index (χ4n) is 2.29. The molecule has 5 nitrogen and oxygen atoms in total. The largest absolute Gasteiger partial charge is 0.309 e. The Labute approximate surface area is 131 Å². The molecule has 2 aromatic rings. The summed E-state index contributed by atoms with van der Waals surface area (Å²) in [4.78, 5) is 20.3. The van der Waals surface area contributed by atoms with Gasteiger partial charge in [0.05, 0.1) is 17.6 Å². The Morgan fingerprint density at radius 2 is 1.95 bits per heavy atom. The van der Waals surface area contributed by atoms with Gasteiger partial charge in [0.25, 0.3) is 0 Å². The second-order valence-electron chi connectivity index (χ2n) is 6.21. The van der Waals surface area contributed by atoms with Gasteiger partial charge in [0.15, 0.2) is 5.69 Å². The zero-order valence-electron chi connectivity index (χ0n) is 13.7. The van der Waals surface area contributed by atoms with Crippen molar-refractivity contribution in [1.29, 1.82) is 0 Å². The van der Waals surface area contributed by atoms with Crippen molar-refractivity contribution in [2.45, 2.75) is 40.7 Å². The molecule has 0 aliphatic heterocycles. The standard InChI is InChI=1S/C17H22N4O/c1-10(2)12(5)16(22)20-17-19-14-8-7-13(18-6)9-15(14)21(17)11(3)4/h7-12H,1-5H3,(H,19,20,22)/t12-/m0/s1. The van der Waals surface area contributed by atoms with Gasteiger partial charge in [-0.05, 0) is 31.9 Å². The minimum absolute atomic E-state index is 0.0300. The van der Waals surface area contributed by atoms with Gasteiger partial charge in [0, 0.05) is 12.0 Å². The molecule has 0 aliphatic carbocycles. The maximum absolute atomic E-state index is 12.3. The summed E-state index contributed by atoms with van der Waals surface area (Å²) in [6.45, 7) is 17.2. The lowest BCUT2D eigenvalue weighted by molar-refractivity contribution is -0.120. The van der Waals surface area contributed by atoms with Crippen LogP contribution in [0.25, 0.3) is 15.9 Å². The van der Waals surface area contributed by atoms with E-state index in [1.54, 1.807) is 6.07 Å². The number of carbonyl (C=O) groups is 1. The lowest BCUT2D eigenvalue weighted by Crippen LogP contribution is -2.26. The third kappa shape index (κ3) is 2.96. The number of imidazole rings is 1. The molecular formula is C17H22N4O. The van der Waals surface area contributed by atoms with Crippen LogP contribution in [0.4, 0.5) is 11.6 Å². The normalized spacial score (nSPS) is 12.6. The number of hydrogen-bond donors (Lipinski definition) is 1. The van der Waals surface area contributed by atoms with Crippen molar-refractivity contribution in [3.63, 3.8) is 0 Å². The van der Waals surface area contributed by atoms with E-state index in [4.69, 9.17) is 6.57 Å². The zero-order valence-corrected chi connectivity index (χ0v) is 13.7. The number of anilines is 1. The predicted octanol–water partition coefficient (Wildman–Crippen LogP) is 4.40. The Balaban J connectivity index is 2.48. The number of nitrogens with zero attached hydrogens (tertiary/aromatic N) is 3. The summed E-state index contributed by atoms with van der Waals surface area (Å²) < 4.78 is 1.97. The van der Waals surface area contributed by atoms with E-state index in [9.17, 15) is 4.79 Å². The van der Waals surface area contributed by atoms with Gasteiger partial charge in [-0.25, -0.2) is 9.83 Å². The first kappa shape index (κ1) is 16.0. The Hall–Kier alpha value is -2.35. The highest BCUT2D eigenvalue weighted by atomic mass is 16.2. The van der Waals surface area contributed by atoms with Crippen molar-refractivity contribution in [2.24, 2.45) is 11.8 Å². The molecule has 116 valence electrons. The molecular weight excluding hydrogens is 276 g/mol. The van der Waals surface area contributed by atoms with Gasteiger partial charge in [0.2, 0.25) is 11.9 Å². The molecule has 1 atom stereocenters. The quantitative estimate of drug-likeness (QED) is 0.851. The van der Waals surface area contributed by atoms with Gasteiger partial charge in [-0.3, -0.25) is 10.1 Å². The maximum atomic E-state index is 12.3. The fraction of sp³-hybridized carbons (Fsp3) is 0.471. The summed E-state index contributed by atoms with van der Waals surface area (Å²) >= 11 is 0. The molecule has 1 aromatic heterocycles. The molecule has 0 unspecified atom stereocenters. The Bertz CT molecular complexity index is 737. The Morgan fingerprint density at radius 3 is 2.50 bits per heavy atom. The number of fused-ring (bicyclic) bond motifs is 1. The molecule has 0 bridgehead atoms. The molecule has 22 heavy (non-hydrogen) atoms. The molecule has 1 N–H and O–H groups in total. The van der Waals surface area contributed by atoms with E-state index in [0.717, 1.165) is 11.0 Å². The zero-order chi connectivity index (χ0) is 16.4. The molecule has 0 spiro atoms. The van der Waals surface area contributed by atoms with E-state index >= 15 is 0 Å². The highest BCUT2D eigenvalue weighted by Gasteiger charge is 2.21. The summed E-state index contributed by atoms with van der Waals surface area (Å²) in [7, 11) is 0. The lowest BCUT2D eigenvalue weighted by atomic mass is 9.97. The van der Waals surface area contributed by atoms with E-state index in [1.807, 2.05) is 51.3 Å². The molecule has 0 saturated heterocycles. The minimum atomic E-state index is -0.0840. The summed E-state index contributed by atoms with van der Waals surface area (Å²) in [5.74, 6) is 0.701. The van der Waals surface area contributed by atoms with Gasteiger partial charge in [0.1, 0.15) is 0 Å². The third-order valence-electron chi connectivity index (χ3n) is 3.97. The smallest absolute Gasteiger partial charge is 0.229 e. The van der Waals surface area contributed by atoms with Crippen molar-refractivity contribution < 1.29 is 4.79 Å². The Morgan fingerprint density at radius 1 is 1.27 bits per heavy atom. The van der Waals surface area contributed by atoms with Gasteiger partial charge in [-0.15, -0.1) is 0 Å². The number of aromatic nitrogens is 2. The van der Waals surface area contributed by atoms with E-state index in [1.165, 1.54) is 0 Å². The number of carbonyl (C=O) groups excluding carboxylic acids is 1. The average Bonchev–Trinajstić information content (AvgIpc) is 2.82. The van der Waals surface area contributed by atoms with Gasteiger partial charge in [-0.2, -0.15) is 0 Å². The van der Waals surface area contributed by atoms with Crippen molar-refractivity contribution in [2.75, 3.05) is 5.32 Å². The molecule has 0 saturated carbocycles. The first-order valence-electron chi connectivity index (χ1n) is 7.55. The number of hydrogen-bond acceptors (Lipinski definition) is 2. The van der Waals surface area contributed by atoms with Crippen molar-refractivity contribution >= 4 is 28.6 Å². The van der Waals surface area contributed by atoms with E-state index in [-0.39, 0.29) is 23.8 Å². The molecule has 0 aliphatic rings. The van der Waals surface area contributed by atoms with Crippen LogP contribution in [-0.4, -0.2) is 15.5 Å². The number of nitrogens with one attached hydrogen (secondary N) is 1. The second kappa shape index (κ2) is 6.18. The topological polar surface area (TPSA) is 51.3 Å². The second-order valence-corrected chi connectivity index (χ2v) is 6.21. The summed E-state index contributed by atoms with van der Waals surface area (Å²) in [6, 6.07) is 5.52. The van der Waals surface area contributed by atoms with Crippen LogP contribution in [0, 0.1) is 18.4 Å². The lowest BCUT2D eigenvalue weighted by Gasteiger charge is -2.17. The summed E-state index contributed by atoms with van der Waals surface area (Å²) in [5.41, 5.74) is 2.23. The SMILES string of the molecule is [C-]#[N+]c1ccc2nc(NC(=O)[C@@H](C)C(C)C)n(C(C)C)c2c1. The van der Waals surface area contributed by atoms with Crippen LogP contribution in [0.1, 0.15) is 40.7 Å². The fourth-order valence-corrected chi connectivity index (χ4v) is 2.29. The van der Waals surface area contributed by atoms with Crippen LogP contribution in [0.15, 0.2) is 18.2 Å². The van der Waals surface area contributed by atoms with Crippen LogP contribution in [0.5, 0.6) is 0 Å². The molecule has 0 fully saturated rings. The number of rotatable bonds is 4. The Kier molecular flexibility index (Phi) is 4.51. The highest BCUT2D eigenvalue weighted by Crippen LogP contribution is 2.28. The average molecular weight is 298 g/mol. The monoisotopic (exact) mass is 298 g/mol. The molecule has 1 aromatic carbocycles. The molecule has 1 amide bonds.